The van der Waals surface area contributed by atoms with Gasteiger partial charge in [-0.1, -0.05) is 26.0 Å². The minimum absolute atomic E-state index is 0. The Balaban J connectivity index is 0.00000288. The Kier molecular flexibility index (Phi) is 9.87. The predicted molar refractivity (Wildman–Crippen MR) is 112 cm³/mol. The fourth-order valence-electron chi connectivity index (χ4n) is 2.47. The van der Waals surface area contributed by atoms with Crippen LogP contribution in [-0.4, -0.2) is 33.8 Å². The third-order valence-electron chi connectivity index (χ3n) is 4.43. The van der Waals surface area contributed by atoms with Crippen molar-refractivity contribution < 1.29 is 4.79 Å². The number of amides is 1. The molecule has 1 amide bonds. The Morgan fingerprint density at radius 3 is 2.56 bits per heavy atom. The zero-order valence-electron chi connectivity index (χ0n) is 15.1. The lowest BCUT2D eigenvalue weighted by Gasteiger charge is -2.33. The van der Waals surface area contributed by atoms with Crippen LogP contribution in [0.2, 0.25) is 0 Å². The van der Waals surface area contributed by atoms with Crippen LogP contribution < -0.4 is 11.1 Å². The first-order valence-corrected chi connectivity index (χ1v) is 9.25. The second-order valence-electron chi connectivity index (χ2n) is 6.36. The van der Waals surface area contributed by atoms with Crippen LogP contribution in [0.15, 0.2) is 24.3 Å². The lowest BCUT2D eigenvalue weighted by molar-refractivity contribution is -0.123. The number of nitrogens with two attached hydrogens (primary N) is 1. The summed E-state index contributed by atoms with van der Waals surface area (Å²) in [5.41, 5.74) is 7.38. The number of halogens is 2. The van der Waals surface area contributed by atoms with Crippen molar-refractivity contribution in [2.24, 2.45) is 11.7 Å². The second-order valence-corrected chi connectivity index (χ2v) is 7.23. The number of benzene rings is 1. The van der Waals surface area contributed by atoms with E-state index in [1.807, 2.05) is 42.0 Å². The van der Waals surface area contributed by atoms with Gasteiger partial charge >= 0.3 is 0 Å². The molecule has 1 aromatic carbocycles. The Bertz CT molecular complexity index is 692. The summed E-state index contributed by atoms with van der Waals surface area (Å²) in [7, 11) is 0. The zero-order valence-corrected chi connectivity index (χ0v) is 17.6. The van der Waals surface area contributed by atoms with E-state index in [9.17, 15) is 4.79 Å². The van der Waals surface area contributed by atoms with Crippen LogP contribution in [0.3, 0.4) is 0 Å². The van der Waals surface area contributed by atoms with E-state index in [4.69, 9.17) is 5.73 Å². The molecule has 2 aromatic rings. The van der Waals surface area contributed by atoms with E-state index in [-0.39, 0.29) is 43.2 Å². The summed E-state index contributed by atoms with van der Waals surface area (Å²) in [5, 5.41) is 3.10. The van der Waals surface area contributed by atoms with Crippen molar-refractivity contribution >= 4 is 53.5 Å². The Labute approximate surface area is 166 Å². The number of thioether (sulfide) groups is 1. The van der Waals surface area contributed by atoms with Gasteiger partial charge in [0.1, 0.15) is 12.4 Å². The molecule has 1 atom stereocenters. The fraction of sp³-hybridized carbons (Fsp3) is 0.529. The molecule has 0 aliphatic rings. The summed E-state index contributed by atoms with van der Waals surface area (Å²) < 4.78 is 2.00. The molecular formula is C17H28Cl2N4OS. The summed E-state index contributed by atoms with van der Waals surface area (Å²) in [5.74, 6) is 1.94. The van der Waals surface area contributed by atoms with E-state index in [1.54, 1.807) is 11.8 Å². The summed E-state index contributed by atoms with van der Waals surface area (Å²) in [6, 6.07) is 7.92. The zero-order chi connectivity index (χ0) is 17.0. The van der Waals surface area contributed by atoms with Gasteiger partial charge in [-0.05, 0) is 31.2 Å². The summed E-state index contributed by atoms with van der Waals surface area (Å²) in [4.78, 5) is 17.2. The lowest BCUT2D eigenvalue weighted by atomic mass is 9.88. The molecule has 8 heteroatoms. The van der Waals surface area contributed by atoms with Gasteiger partial charge in [0.2, 0.25) is 5.91 Å². The molecule has 5 nitrogen and oxygen atoms in total. The SMILES string of the molecule is CSCc1nc2ccccc2n1CC(=O)NC(C)(CN)C(C)C.Cl.Cl. The molecule has 1 unspecified atom stereocenters. The van der Waals surface area contributed by atoms with Gasteiger partial charge in [0.05, 0.1) is 22.3 Å². The molecule has 142 valence electrons. The average Bonchev–Trinajstić information content (AvgIpc) is 2.85. The van der Waals surface area contributed by atoms with E-state index in [1.165, 1.54) is 0 Å². The van der Waals surface area contributed by atoms with Crippen molar-refractivity contribution in [2.75, 3.05) is 12.8 Å². The summed E-state index contributed by atoms with van der Waals surface area (Å²) >= 11 is 1.70. The third kappa shape index (κ3) is 5.51. The Hall–Kier alpha value is -0.950. The highest BCUT2D eigenvalue weighted by molar-refractivity contribution is 7.97. The number of para-hydroxylation sites is 2. The first kappa shape index (κ1) is 24.1. The molecule has 0 spiro atoms. The Morgan fingerprint density at radius 1 is 1.36 bits per heavy atom. The maximum Gasteiger partial charge on any atom is 0.240 e. The molecule has 1 aromatic heterocycles. The molecule has 25 heavy (non-hydrogen) atoms. The van der Waals surface area contributed by atoms with Gasteiger partial charge in [0.15, 0.2) is 0 Å². The number of rotatable bonds is 7. The normalized spacial score (nSPS) is 13.0. The molecule has 1 heterocycles. The summed E-state index contributed by atoms with van der Waals surface area (Å²) in [6.07, 6.45) is 2.04. The van der Waals surface area contributed by atoms with Crippen LogP contribution in [0.1, 0.15) is 26.6 Å². The minimum atomic E-state index is -0.396. The van der Waals surface area contributed by atoms with E-state index < -0.39 is 5.54 Å². The average molecular weight is 407 g/mol. The molecule has 0 fully saturated rings. The number of aromatic nitrogens is 2. The number of hydrogen-bond donors (Lipinski definition) is 2. The van der Waals surface area contributed by atoms with Crippen LogP contribution >= 0.6 is 36.6 Å². The number of nitrogens with zero attached hydrogens (tertiary/aromatic N) is 2. The summed E-state index contributed by atoms with van der Waals surface area (Å²) in [6.45, 7) is 6.81. The number of nitrogens with one attached hydrogen (secondary N) is 1. The molecule has 0 aliphatic carbocycles. The van der Waals surface area contributed by atoms with E-state index >= 15 is 0 Å². The van der Waals surface area contributed by atoms with E-state index in [2.05, 4.69) is 24.1 Å². The van der Waals surface area contributed by atoms with Crippen molar-refractivity contribution in [1.29, 1.82) is 0 Å². The predicted octanol–water partition coefficient (Wildman–Crippen LogP) is 3.23. The number of hydrogen-bond acceptors (Lipinski definition) is 4. The van der Waals surface area contributed by atoms with Crippen molar-refractivity contribution in [1.82, 2.24) is 14.9 Å². The molecule has 0 radical (unpaired) electrons. The fourth-order valence-corrected chi connectivity index (χ4v) is 2.95. The van der Waals surface area contributed by atoms with Gasteiger partial charge in [-0.15, -0.1) is 24.8 Å². The smallest absolute Gasteiger partial charge is 0.240 e. The van der Waals surface area contributed by atoms with Gasteiger partial charge < -0.3 is 15.6 Å². The van der Waals surface area contributed by atoms with Gasteiger partial charge in [-0.25, -0.2) is 4.98 Å². The molecule has 2 rings (SSSR count). The molecule has 0 bridgehead atoms. The first-order valence-electron chi connectivity index (χ1n) is 7.85. The van der Waals surface area contributed by atoms with Gasteiger partial charge in [0, 0.05) is 6.54 Å². The van der Waals surface area contributed by atoms with Crippen molar-refractivity contribution in [2.45, 2.75) is 38.6 Å². The highest BCUT2D eigenvalue weighted by Crippen LogP contribution is 2.20. The number of carbonyl (C=O) groups is 1. The van der Waals surface area contributed by atoms with Crippen molar-refractivity contribution in [3.05, 3.63) is 30.1 Å². The highest BCUT2D eigenvalue weighted by Gasteiger charge is 2.28. The van der Waals surface area contributed by atoms with E-state index in [0.717, 1.165) is 22.6 Å². The third-order valence-corrected chi connectivity index (χ3v) is 4.98. The minimum Gasteiger partial charge on any atom is -0.348 e. The van der Waals surface area contributed by atoms with Crippen LogP contribution in [0.25, 0.3) is 11.0 Å². The first-order chi connectivity index (χ1) is 10.9. The van der Waals surface area contributed by atoms with Crippen molar-refractivity contribution in [3.63, 3.8) is 0 Å². The lowest BCUT2D eigenvalue weighted by Crippen LogP contribution is -2.55. The standard InChI is InChI=1S/C17H26N4OS.2ClH/c1-12(2)17(3,11-18)20-16(22)9-21-14-8-6-5-7-13(14)19-15(21)10-23-4;;/h5-8,12H,9-11,18H2,1-4H3,(H,20,22);2*1H. The second kappa shape index (κ2) is 10.3. The highest BCUT2D eigenvalue weighted by atomic mass is 35.5. The van der Waals surface area contributed by atoms with Crippen molar-refractivity contribution in [3.8, 4) is 0 Å². The monoisotopic (exact) mass is 406 g/mol. The molecule has 0 saturated heterocycles. The number of imidazole rings is 1. The topological polar surface area (TPSA) is 72.9 Å². The van der Waals surface area contributed by atoms with Crippen LogP contribution in [-0.2, 0) is 17.1 Å². The van der Waals surface area contributed by atoms with Crippen LogP contribution in [0.5, 0.6) is 0 Å². The number of fused-ring (bicyclic) bond motifs is 1. The van der Waals surface area contributed by atoms with Crippen LogP contribution in [0, 0.1) is 5.92 Å². The number of carbonyl (C=O) groups excluding carboxylic acids is 1. The van der Waals surface area contributed by atoms with Crippen LogP contribution in [0.4, 0.5) is 0 Å². The maximum atomic E-state index is 12.6. The molecular weight excluding hydrogens is 379 g/mol. The molecule has 3 N–H and O–H groups in total. The van der Waals surface area contributed by atoms with E-state index in [0.29, 0.717) is 6.54 Å². The van der Waals surface area contributed by atoms with Gasteiger partial charge in [-0.3, -0.25) is 4.79 Å². The van der Waals surface area contributed by atoms with Gasteiger partial charge in [0.25, 0.3) is 0 Å². The largest absolute Gasteiger partial charge is 0.348 e. The van der Waals surface area contributed by atoms with Gasteiger partial charge in [-0.2, -0.15) is 11.8 Å². The Morgan fingerprint density at radius 2 is 2.00 bits per heavy atom. The quantitative estimate of drug-likeness (QED) is 0.739. The molecule has 0 aliphatic heterocycles. The maximum absolute atomic E-state index is 12.6. The molecule has 0 saturated carbocycles.